The first-order valence-electron chi connectivity index (χ1n) is 6.43. The number of ether oxygens (including phenoxy) is 3. The highest BCUT2D eigenvalue weighted by Crippen LogP contribution is 2.36. The van der Waals surface area contributed by atoms with E-state index in [9.17, 15) is 9.59 Å². The Hall–Kier alpha value is -1.14. The molecule has 0 radical (unpaired) electrons. The van der Waals surface area contributed by atoms with Crippen molar-refractivity contribution in [1.29, 1.82) is 0 Å². The molecule has 2 heterocycles. The fourth-order valence-corrected chi connectivity index (χ4v) is 2.45. The number of carbonyl (C=O) groups is 2. The molecule has 2 rings (SSSR count). The number of aldehydes is 1. The van der Waals surface area contributed by atoms with E-state index in [4.69, 9.17) is 14.2 Å². The van der Waals surface area contributed by atoms with Crippen LogP contribution in [0.2, 0.25) is 0 Å². The lowest BCUT2D eigenvalue weighted by Gasteiger charge is -2.29. The first-order chi connectivity index (χ1) is 8.63. The normalized spacial score (nSPS) is 33.1. The van der Waals surface area contributed by atoms with E-state index in [-0.39, 0.29) is 6.10 Å². The topological polar surface area (TPSA) is 65.1 Å². The molecule has 0 unspecified atom stereocenters. The van der Waals surface area contributed by atoms with E-state index in [0.717, 1.165) is 6.29 Å². The van der Waals surface area contributed by atoms with Gasteiger partial charge in [-0.25, -0.2) is 4.79 Å². The molecule has 19 heavy (non-hydrogen) atoms. The standard InChI is InChI=1S/C13H21NO5/c1-12(2,3)19-11(16)14-6-9-10(8(14)7-15)18-13(4,5)17-9/h7-10H,6H2,1-5H3/t8-,9-,10+/m0/s1. The zero-order chi connectivity index (χ0) is 14.4. The summed E-state index contributed by atoms with van der Waals surface area (Å²) in [6.07, 6.45) is -0.485. The summed E-state index contributed by atoms with van der Waals surface area (Å²) in [4.78, 5) is 24.7. The molecular weight excluding hydrogens is 250 g/mol. The molecule has 0 N–H and O–H groups in total. The van der Waals surface area contributed by atoms with E-state index in [1.807, 2.05) is 0 Å². The number of nitrogens with zero attached hydrogens (tertiary/aromatic N) is 1. The lowest BCUT2D eigenvalue weighted by molar-refractivity contribution is -0.161. The molecule has 108 valence electrons. The third kappa shape index (κ3) is 2.90. The van der Waals surface area contributed by atoms with Gasteiger partial charge in [0.2, 0.25) is 0 Å². The summed E-state index contributed by atoms with van der Waals surface area (Å²) in [5, 5.41) is 0. The summed E-state index contributed by atoms with van der Waals surface area (Å²) in [5.41, 5.74) is -0.594. The molecule has 2 saturated heterocycles. The highest BCUT2D eigenvalue weighted by atomic mass is 16.8. The summed E-state index contributed by atoms with van der Waals surface area (Å²) in [6, 6.07) is -0.651. The fourth-order valence-electron chi connectivity index (χ4n) is 2.45. The monoisotopic (exact) mass is 271 g/mol. The van der Waals surface area contributed by atoms with Crippen LogP contribution in [0.5, 0.6) is 0 Å². The Morgan fingerprint density at radius 1 is 1.37 bits per heavy atom. The summed E-state index contributed by atoms with van der Waals surface area (Å²) >= 11 is 0. The largest absolute Gasteiger partial charge is 0.444 e. The van der Waals surface area contributed by atoms with Gasteiger partial charge in [-0.05, 0) is 34.6 Å². The van der Waals surface area contributed by atoms with Gasteiger partial charge < -0.3 is 19.0 Å². The first-order valence-corrected chi connectivity index (χ1v) is 6.43. The van der Waals surface area contributed by atoms with Crippen molar-refractivity contribution in [3.63, 3.8) is 0 Å². The van der Waals surface area contributed by atoms with Crippen LogP contribution in [-0.2, 0) is 19.0 Å². The minimum Gasteiger partial charge on any atom is -0.444 e. The molecule has 0 aromatic carbocycles. The molecule has 6 heteroatoms. The summed E-state index contributed by atoms with van der Waals surface area (Å²) in [7, 11) is 0. The second-order valence-electron chi connectivity index (χ2n) is 6.40. The predicted octanol–water partition coefficient (Wildman–Crippen LogP) is 1.32. The molecule has 0 aromatic rings. The van der Waals surface area contributed by atoms with Crippen LogP contribution in [-0.4, -0.2) is 53.5 Å². The van der Waals surface area contributed by atoms with Crippen LogP contribution in [0.4, 0.5) is 4.79 Å². The lowest BCUT2D eigenvalue weighted by atomic mass is 10.1. The zero-order valence-corrected chi connectivity index (χ0v) is 12.0. The van der Waals surface area contributed by atoms with Gasteiger partial charge in [0.05, 0.1) is 6.54 Å². The van der Waals surface area contributed by atoms with Crippen molar-refractivity contribution >= 4 is 12.4 Å². The van der Waals surface area contributed by atoms with Crippen molar-refractivity contribution in [2.24, 2.45) is 0 Å². The van der Waals surface area contributed by atoms with Crippen molar-refractivity contribution in [2.75, 3.05) is 6.54 Å². The summed E-state index contributed by atoms with van der Waals surface area (Å²) < 4.78 is 16.7. The Bertz CT molecular complexity index is 387. The highest BCUT2D eigenvalue weighted by Gasteiger charge is 2.54. The molecule has 0 aliphatic carbocycles. The minimum atomic E-state index is -0.712. The molecule has 3 atom stereocenters. The second-order valence-corrected chi connectivity index (χ2v) is 6.40. The molecule has 0 aromatic heterocycles. The molecule has 1 amide bonds. The van der Waals surface area contributed by atoms with Crippen LogP contribution in [0.25, 0.3) is 0 Å². The van der Waals surface area contributed by atoms with Gasteiger partial charge >= 0.3 is 6.09 Å². The van der Waals surface area contributed by atoms with E-state index in [1.54, 1.807) is 34.6 Å². The quantitative estimate of drug-likeness (QED) is 0.673. The maximum absolute atomic E-state index is 12.1. The Morgan fingerprint density at radius 2 is 2.00 bits per heavy atom. The van der Waals surface area contributed by atoms with Gasteiger partial charge in [0, 0.05) is 0 Å². The average Bonchev–Trinajstić information content (AvgIpc) is 2.66. The Morgan fingerprint density at radius 3 is 2.53 bits per heavy atom. The van der Waals surface area contributed by atoms with E-state index < -0.39 is 29.6 Å². The van der Waals surface area contributed by atoms with Gasteiger partial charge in [0.25, 0.3) is 0 Å². The van der Waals surface area contributed by atoms with Crippen molar-refractivity contribution in [2.45, 2.75) is 64.3 Å². The molecule has 2 aliphatic rings. The van der Waals surface area contributed by atoms with Crippen LogP contribution in [0.15, 0.2) is 0 Å². The molecule has 2 aliphatic heterocycles. The molecule has 0 bridgehead atoms. The van der Waals surface area contributed by atoms with E-state index in [2.05, 4.69) is 0 Å². The Balaban J connectivity index is 2.10. The number of rotatable bonds is 1. The van der Waals surface area contributed by atoms with Crippen molar-refractivity contribution in [3.8, 4) is 0 Å². The Kier molecular flexibility index (Phi) is 3.35. The van der Waals surface area contributed by atoms with Gasteiger partial charge in [-0.3, -0.25) is 4.90 Å². The third-order valence-electron chi connectivity index (χ3n) is 3.06. The van der Waals surface area contributed by atoms with Crippen LogP contribution in [0.3, 0.4) is 0 Å². The molecule has 2 fully saturated rings. The minimum absolute atomic E-state index is 0.280. The predicted molar refractivity (Wildman–Crippen MR) is 66.6 cm³/mol. The van der Waals surface area contributed by atoms with Gasteiger partial charge in [-0.1, -0.05) is 0 Å². The van der Waals surface area contributed by atoms with E-state index in [0.29, 0.717) is 6.54 Å². The third-order valence-corrected chi connectivity index (χ3v) is 3.06. The van der Waals surface area contributed by atoms with Gasteiger partial charge in [-0.2, -0.15) is 0 Å². The number of hydrogen-bond acceptors (Lipinski definition) is 5. The van der Waals surface area contributed by atoms with E-state index in [1.165, 1.54) is 4.90 Å². The number of likely N-dealkylation sites (tertiary alicyclic amines) is 1. The Labute approximate surface area is 113 Å². The van der Waals surface area contributed by atoms with Crippen molar-refractivity contribution in [1.82, 2.24) is 4.90 Å². The molecule has 6 nitrogen and oxygen atoms in total. The summed E-state index contributed by atoms with van der Waals surface area (Å²) in [6.45, 7) is 9.26. The van der Waals surface area contributed by atoms with Crippen LogP contribution < -0.4 is 0 Å². The molecular formula is C13H21NO5. The van der Waals surface area contributed by atoms with Crippen molar-refractivity contribution < 1.29 is 23.8 Å². The number of fused-ring (bicyclic) bond motifs is 1. The number of hydrogen-bond donors (Lipinski definition) is 0. The van der Waals surface area contributed by atoms with Crippen LogP contribution >= 0.6 is 0 Å². The van der Waals surface area contributed by atoms with Gasteiger partial charge in [0.1, 0.15) is 30.1 Å². The number of amides is 1. The van der Waals surface area contributed by atoms with Gasteiger partial charge in [-0.15, -0.1) is 0 Å². The zero-order valence-electron chi connectivity index (χ0n) is 12.0. The fraction of sp³-hybridized carbons (Fsp3) is 0.846. The smallest absolute Gasteiger partial charge is 0.411 e. The van der Waals surface area contributed by atoms with Crippen LogP contribution in [0, 0.1) is 0 Å². The van der Waals surface area contributed by atoms with Gasteiger partial charge in [0.15, 0.2) is 5.79 Å². The van der Waals surface area contributed by atoms with E-state index >= 15 is 0 Å². The second kappa shape index (κ2) is 4.45. The highest BCUT2D eigenvalue weighted by molar-refractivity contribution is 5.75. The first kappa shape index (κ1) is 14.3. The SMILES string of the molecule is CC(C)(C)OC(=O)N1C[C@@H]2OC(C)(C)O[C@@H]2[C@@H]1C=O. The average molecular weight is 271 g/mol. The molecule has 0 saturated carbocycles. The van der Waals surface area contributed by atoms with Crippen LogP contribution in [0.1, 0.15) is 34.6 Å². The number of carbonyl (C=O) groups excluding carboxylic acids is 2. The molecule has 0 spiro atoms. The maximum Gasteiger partial charge on any atom is 0.411 e. The maximum atomic E-state index is 12.1. The lowest BCUT2D eigenvalue weighted by Crippen LogP contribution is -2.45. The van der Waals surface area contributed by atoms with Crippen molar-refractivity contribution in [3.05, 3.63) is 0 Å². The summed E-state index contributed by atoms with van der Waals surface area (Å²) in [5.74, 6) is -0.712.